The van der Waals surface area contributed by atoms with Crippen LogP contribution in [0.5, 0.6) is 0 Å². The average Bonchev–Trinajstić information content (AvgIpc) is 2.92. The van der Waals surface area contributed by atoms with E-state index in [1.807, 2.05) is 0 Å². The summed E-state index contributed by atoms with van der Waals surface area (Å²) in [4.78, 5) is 23.0. The molecule has 1 heterocycles. The summed E-state index contributed by atoms with van der Waals surface area (Å²) in [6.07, 6.45) is 2.49. The van der Waals surface area contributed by atoms with Crippen LogP contribution in [-0.4, -0.2) is 23.5 Å². The Kier molecular flexibility index (Phi) is 3.93. The SMILES string of the molecule is Cc1cc(C(=O)NCC2CCCC2C(=O)O)c(C)o1. The normalized spacial score (nSPS) is 22.4. The molecular weight excluding hydrogens is 246 g/mol. The van der Waals surface area contributed by atoms with Crippen molar-refractivity contribution >= 4 is 11.9 Å². The number of aliphatic carboxylic acids is 1. The molecule has 2 N–H and O–H groups in total. The number of carbonyl (C=O) groups is 2. The van der Waals surface area contributed by atoms with Gasteiger partial charge < -0.3 is 14.8 Å². The lowest BCUT2D eigenvalue weighted by Crippen LogP contribution is -2.33. The van der Waals surface area contributed by atoms with Gasteiger partial charge in [0.2, 0.25) is 0 Å². The van der Waals surface area contributed by atoms with Gasteiger partial charge in [-0.15, -0.1) is 0 Å². The van der Waals surface area contributed by atoms with Crippen LogP contribution < -0.4 is 5.32 Å². The molecule has 2 rings (SSSR count). The monoisotopic (exact) mass is 265 g/mol. The Labute approximate surface area is 112 Å². The van der Waals surface area contributed by atoms with E-state index in [-0.39, 0.29) is 17.7 Å². The Balaban J connectivity index is 1.94. The maximum Gasteiger partial charge on any atom is 0.306 e. The molecule has 0 radical (unpaired) electrons. The molecule has 0 aromatic carbocycles. The van der Waals surface area contributed by atoms with Crippen molar-refractivity contribution in [3.05, 3.63) is 23.2 Å². The Morgan fingerprint density at radius 3 is 2.74 bits per heavy atom. The van der Waals surface area contributed by atoms with Crippen LogP contribution in [0.1, 0.15) is 41.1 Å². The zero-order chi connectivity index (χ0) is 14.0. The fraction of sp³-hybridized carbons (Fsp3) is 0.571. The van der Waals surface area contributed by atoms with Gasteiger partial charge >= 0.3 is 5.97 Å². The number of nitrogens with one attached hydrogen (secondary N) is 1. The van der Waals surface area contributed by atoms with Crippen molar-refractivity contribution in [1.29, 1.82) is 0 Å². The lowest BCUT2D eigenvalue weighted by atomic mass is 9.96. The predicted octanol–water partition coefficient (Wildman–Crippen LogP) is 2.13. The Morgan fingerprint density at radius 1 is 1.42 bits per heavy atom. The van der Waals surface area contributed by atoms with Gasteiger partial charge in [-0.25, -0.2) is 0 Å². The molecule has 1 amide bonds. The molecule has 1 fully saturated rings. The van der Waals surface area contributed by atoms with E-state index in [1.165, 1.54) is 0 Å². The first-order valence-electron chi connectivity index (χ1n) is 6.57. The van der Waals surface area contributed by atoms with Crippen molar-refractivity contribution in [3.63, 3.8) is 0 Å². The van der Waals surface area contributed by atoms with Crippen LogP contribution in [0.3, 0.4) is 0 Å². The first kappa shape index (κ1) is 13.6. The van der Waals surface area contributed by atoms with E-state index in [4.69, 9.17) is 9.52 Å². The second-order valence-corrected chi connectivity index (χ2v) is 5.17. The third-order valence-corrected chi connectivity index (χ3v) is 3.79. The highest BCUT2D eigenvalue weighted by Gasteiger charge is 2.33. The maximum atomic E-state index is 12.0. The number of furan rings is 1. The van der Waals surface area contributed by atoms with Crippen molar-refractivity contribution in [2.45, 2.75) is 33.1 Å². The van der Waals surface area contributed by atoms with Crippen molar-refractivity contribution in [2.24, 2.45) is 11.8 Å². The molecule has 2 atom stereocenters. The van der Waals surface area contributed by atoms with Crippen LogP contribution in [0.25, 0.3) is 0 Å². The smallest absolute Gasteiger partial charge is 0.306 e. The van der Waals surface area contributed by atoms with E-state index >= 15 is 0 Å². The van der Waals surface area contributed by atoms with Gasteiger partial charge in [-0.2, -0.15) is 0 Å². The lowest BCUT2D eigenvalue weighted by Gasteiger charge is -2.16. The molecule has 5 nitrogen and oxygen atoms in total. The first-order chi connectivity index (χ1) is 8.99. The largest absolute Gasteiger partial charge is 0.481 e. The molecule has 0 saturated heterocycles. The fourth-order valence-corrected chi connectivity index (χ4v) is 2.78. The van der Waals surface area contributed by atoms with Gasteiger partial charge in [0, 0.05) is 6.54 Å². The maximum absolute atomic E-state index is 12.0. The minimum Gasteiger partial charge on any atom is -0.481 e. The van der Waals surface area contributed by atoms with E-state index < -0.39 is 5.97 Å². The van der Waals surface area contributed by atoms with Crippen LogP contribution in [0, 0.1) is 25.7 Å². The van der Waals surface area contributed by atoms with E-state index in [2.05, 4.69) is 5.32 Å². The summed E-state index contributed by atoms with van der Waals surface area (Å²) in [5, 5.41) is 11.9. The van der Waals surface area contributed by atoms with Crippen LogP contribution in [0.4, 0.5) is 0 Å². The number of carbonyl (C=O) groups excluding carboxylic acids is 1. The highest BCUT2D eigenvalue weighted by Crippen LogP contribution is 2.31. The summed E-state index contributed by atoms with van der Waals surface area (Å²) in [7, 11) is 0. The minimum absolute atomic E-state index is 0.0368. The Hall–Kier alpha value is -1.78. The summed E-state index contributed by atoms with van der Waals surface area (Å²) < 4.78 is 5.31. The fourth-order valence-electron chi connectivity index (χ4n) is 2.78. The second-order valence-electron chi connectivity index (χ2n) is 5.17. The highest BCUT2D eigenvalue weighted by molar-refractivity contribution is 5.95. The predicted molar refractivity (Wildman–Crippen MR) is 69.0 cm³/mol. The third kappa shape index (κ3) is 2.97. The number of hydrogen-bond donors (Lipinski definition) is 2. The lowest BCUT2D eigenvalue weighted by molar-refractivity contribution is -0.142. The summed E-state index contributed by atoms with van der Waals surface area (Å²) in [6, 6.07) is 1.70. The summed E-state index contributed by atoms with van der Waals surface area (Å²) >= 11 is 0. The molecule has 104 valence electrons. The topological polar surface area (TPSA) is 79.5 Å². The van der Waals surface area contributed by atoms with Gasteiger partial charge in [0.15, 0.2) is 0 Å². The minimum atomic E-state index is -0.757. The Morgan fingerprint density at radius 2 is 2.16 bits per heavy atom. The van der Waals surface area contributed by atoms with Gasteiger partial charge in [-0.3, -0.25) is 9.59 Å². The molecule has 1 aromatic rings. The zero-order valence-electron chi connectivity index (χ0n) is 11.2. The average molecular weight is 265 g/mol. The molecule has 5 heteroatoms. The summed E-state index contributed by atoms with van der Waals surface area (Å²) in [5.41, 5.74) is 0.530. The first-order valence-corrected chi connectivity index (χ1v) is 6.57. The van der Waals surface area contributed by atoms with Gasteiger partial charge in [0.25, 0.3) is 5.91 Å². The number of carboxylic acids is 1. The summed E-state index contributed by atoms with van der Waals surface area (Å²) in [6.45, 7) is 3.96. The number of amides is 1. The van der Waals surface area contributed by atoms with Gasteiger partial charge in [-0.05, 0) is 38.7 Å². The van der Waals surface area contributed by atoms with Gasteiger partial charge in [-0.1, -0.05) is 6.42 Å². The zero-order valence-corrected chi connectivity index (χ0v) is 11.2. The van der Waals surface area contributed by atoms with Gasteiger partial charge in [0.05, 0.1) is 11.5 Å². The van der Waals surface area contributed by atoms with Crippen molar-refractivity contribution in [1.82, 2.24) is 5.32 Å². The number of hydrogen-bond acceptors (Lipinski definition) is 3. The molecule has 0 spiro atoms. The molecule has 0 bridgehead atoms. The summed E-state index contributed by atoms with van der Waals surface area (Å²) in [5.74, 6) is 0.0582. The molecule has 2 unspecified atom stereocenters. The van der Waals surface area contributed by atoms with E-state index in [9.17, 15) is 9.59 Å². The van der Waals surface area contributed by atoms with Gasteiger partial charge in [0.1, 0.15) is 11.5 Å². The van der Waals surface area contributed by atoms with Crippen molar-refractivity contribution in [2.75, 3.05) is 6.54 Å². The number of rotatable bonds is 4. The second kappa shape index (κ2) is 5.47. The third-order valence-electron chi connectivity index (χ3n) is 3.79. The van der Waals surface area contributed by atoms with Crippen molar-refractivity contribution < 1.29 is 19.1 Å². The number of aryl methyl sites for hydroxylation is 2. The Bertz CT molecular complexity index is 492. The highest BCUT2D eigenvalue weighted by atomic mass is 16.4. The molecule has 1 aromatic heterocycles. The molecular formula is C14H19NO4. The van der Waals surface area contributed by atoms with E-state index in [1.54, 1.807) is 19.9 Å². The van der Waals surface area contributed by atoms with Crippen LogP contribution >= 0.6 is 0 Å². The van der Waals surface area contributed by atoms with Crippen LogP contribution in [-0.2, 0) is 4.79 Å². The number of carboxylic acid groups (broad SMARTS) is 1. The molecule has 0 aliphatic heterocycles. The standard InChI is InChI=1S/C14H19NO4/c1-8-6-12(9(2)19-8)13(16)15-7-10-4-3-5-11(10)14(17)18/h6,10-11H,3-5,7H2,1-2H3,(H,15,16)(H,17,18). The van der Waals surface area contributed by atoms with Crippen molar-refractivity contribution in [3.8, 4) is 0 Å². The molecule has 1 saturated carbocycles. The van der Waals surface area contributed by atoms with Crippen LogP contribution in [0.2, 0.25) is 0 Å². The van der Waals surface area contributed by atoms with Crippen LogP contribution in [0.15, 0.2) is 10.5 Å². The van der Waals surface area contributed by atoms with E-state index in [0.29, 0.717) is 30.0 Å². The molecule has 19 heavy (non-hydrogen) atoms. The molecule has 1 aliphatic carbocycles. The van der Waals surface area contributed by atoms with E-state index in [0.717, 1.165) is 12.8 Å². The molecule has 1 aliphatic rings. The quantitative estimate of drug-likeness (QED) is 0.874.